The van der Waals surface area contributed by atoms with Gasteiger partial charge in [0.05, 0.1) is 6.04 Å². The summed E-state index contributed by atoms with van der Waals surface area (Å²) in [4.78, 5) is 56.3. The molecule has 47 heavy (non-hydrogen) atoms. The number of benzene rings is 1. The summed E-state index contributed by atoms with van der Waals surface area (Å²) in [6.07, 6.45) is 7.39. The minimum atomic E-state index is -2.65. The summed E-state index contributed by atoms with van der Waals surface area (Å²) >= 11 is 0. The molecule has 3 amide bonds. The summed E-state index contributed by atoms with van der Waals surface area (Å²) in [6.45, 7) is 0. The molecule has 0 spiro atoms. The van der Waals surface area contributed by atoms with E-state index in [9.17, 15) is 34.5 Å². The number of Topliss-reactive ketones (excluding diaryl/α,β-unsaturated/α-hetero) is 2. The highest BCUT2D eigenvalue weighted by Gasteiger charge is 2.64. The van der Waals surface area contributed by atoms with Crippen LogP contribution in [-0.2, 0) is 20.8 Å². The molecular formula is C34H44N6O7. The molecule has 0 aromatic heterocycles. The van der Waals surface area contributed by atoms with Gasteiger partial charge >= 0.3 is 6.03 Å². The van der Waals surface area contributed by atoms with Crippen LogP contribution in [0, 0.1) is 29.6 Å². The second-order valence-corrected chi connectivity index (χ2v) is 15.3. The van der Waals surface area contributed by atoms with E-state index in [4.69, 9.17) is 5.73 Å². The number of urea groups is 1. The number of ketones is 2. The van der Waals surface area contributed by atoms with E-state index < -0.39 is 64.1 Å². The van der Waals surface area contributed by atoms with E-state index in [0.717, 1.165) is 24.8 Å². The molecule has 7 aliphatic rings. The number of anilines is 2. The molecule has 1 aromatic carbocycles. The molecule has 0 aliphatic heterocycles. The van der Waals surface area contributed by atoms with Crippen molar-refractivity contribution in [2.45, 2.75) is 68.5 Å². The van der Waals surface area contributed by atoms with E-state index in [1.807, 2.05) is 25.1 Å². The molecule has 13 heteroatoms. The van der Waals surface area contributed by atoms with Crippen molar-refractivity contribution in [1.29, 1.82) is 0 Å². The number of primary amides is 1. The highest BCUT2D eigenvalue weighted by molar-refractivity contribution is 6.24. The van der Waals surface area contributed by atoms with Gasteiger partial charge in [0.25, 0.3) is 5.91 Å². The molecule has 0 saturated heterocycles. The lowest BCUT2D eigenvalue weighted by Gasteiger charge is -2.56. The Morgan fingerprint density at radius 1 is 0.957 bits per heavy atom. The first-order chi connectivity index (χ1) is 22.1. The Hall–Kier alpha value is -3.94. The lowest BCUT2D eigenvalue weighted by Crippen LogP contribution is -2.65. The van der Waals surface area contributed by atoms with Crippen molar-refractivity contribution in [3.8, 4) is 0 Å². The SMILES string of the molecule is CN(C)c1cc(NC(=O)NNC23CC4CC(CC(C4)C2)C3)cc2c1CC1CC3[C@H](N(C)C)C(=O)C(C(N)=O)=C(O)[C@@]3(O)C(=O)C1=C2O. The number of carbonyl (C=O) groups excluding carboxylic acids is 4. The number of likely N-dealkylation sites (N-methyl/N-ethyl adjacent to an activating group) is 1. The fourth-order valence-corrected chi connectivity index (χ4v) is 10.3. The average molecular weight is 649 g/mol. The first kappa shape index (κ1) is 31.6. The summed E-state index contributed by atoms with van der Waals surface area (Å²) in [5, 5.41) is 37.5. The topological polar surface area (TPSA) is 198 Å². The van der Waals surface area contributed by atoms with Gasteiger partial charge in [-0.2, -0.15) is 0 Å². The zero-order valence-electron chi connectivity index (χ0n) is 27.2. The fourth-order valence-electron chi connectivity index (χ4n) is 10.3. The number of carbonyl (C=O) groups is 4. The van der Waals surface area contributed by atoms with Crippen molar-refractivity contribution in [2.75, 3.05) is 38.4 Å². The van der Waals surface area contributed by atoms with Crippen LogP contribution in [0.5, 0.6) is 0 Å². The van der Waals surface area contributed by atoms with Crippen molar-refractivity contribution >= 4 is 40.6 Å². The Morgan fingerprint density at radius 3 is 2.13 bits per heavy atom. The fraction of sp³-hybridized carbons (Fsp3) is 0.588. The highest BCUT2D eigenvalue weighted by atomic mass is 16.3. The third-order valence-electron chi connectivity index (χ3n) is 11.8. The zero-order valence-corrected chi connectivity index (χ0v) is 27.2. The van der Waals surface area contributed by atoms with Crippen LogP contribution < -0.4 is 26.8 Å². The summed E-state index contributed by atoms with van der Waals surface area (Å²) < 4.78 is 0. The Bertz CT molecular complexity index is 1630. The number of amides is 3. The van der Waals surface area contributed by atoms with Crippen molar-refractivity contribution in [2.24, 2.45) is 35.3 Å². The standard InChI is InChI=1S/C34H44N6O7/c1-39(2)23-11-19(36-32(46)37-38-33-12-15-5-16(13-33)7-17(6-15)14-33)10-21-20(23)8-18-9-22-26(40(3)4)28(42)25(31(35)45)30(44)34(22,47)29(43)24(18)27(21)41/h10-11,15-18,22,26,38,41,44,47H,5-9,12-14H2,1-4H3,(H2,35,45)(H2,36,37,46)/t15?,16?,17?,18?,22?,26-,33?,34-/m0/s1. The number of aliphatic hydroxyl groups is 3. The second-order valence-electron chi connectivity index (χ2n) is 15.3. The second kappa shape index (κ2) is 10.8. The zero-order chi connectivity index (χ0) is 33.7. The van der Waals surface area contributed by atoms with E-state index in [2.05, 4.69) is 16.2 Å². The molecule has 2 unspecified atom stereocenters. The van der Waals surface area contributed by atoms with Crippen LogP contribution in [0.4, 0.5) is 16.2 Å². The van der Waals surface area contributed by atoms with Gasteiger partial charge in [0.1, 0.15) is 17.1 Å². The van der Waals surface area contributed by atoms with E-state index in [1.165, 1.54) is 24.2 Å². The molecule has 4 bridgehead atoms. The van der Waals surface area contributed by atoms with E-state index >= 15 is 0 Å². The molecule has 5 fully saturated rings. The van der Waals surface area contributed by atoms with Crippen LogP contribution in [0.1, 0.15) is 56.1 Å². The van der Waals surface area contributed by atoms with Crippen LogP contribution in [0.3, 0.4) is 0 Å². The highest BCUT2D eigenvalue weighted by Crippen LogP contribution is 2.56. The van der Waals surface area contributed by atoms with Crippen LogP contribution in [0.2, 0.25) is 0 Å². The van der Waals surface area contributed by atoms with Crippen molar-refractivity contribution in [3.05, 3.63) is 40.2 Å². The Balaban J connectivity index is 1.21. The van der Waals surface area contributed by atoms with Crippen LogP contribution in [0.15, 0.2) is 29.0 Å². The molecule has 0 radical (unpaired) electrons. The molecule has 0 heterocycles. The quantitative estimate of drug-likeness (QED) is 0.177. The normalized spacial score (nSPS) is 35.4. The van der Waals surface area contributed by atoms with Gasteiger partial charge < -0.3 is 31.3 Å². The van der Waals surface area contributed by atoms with Gasteiger partial charge in [-0.05, 0) is 107 Å². The number of hydrogen-bond acceptors (Lipinski definition) is 10. The van der Waals surface area contributed by atoms with Gasteiger partial charge in [-0.15, -0.1) is 0 Å². The summed E-state index contributed by atoms with van der Waals surface area (Å²) in [5.74, 6) is -4.05. The first-order valence-corrected chi connectivity index (χ1v) is 16.5. The maximum Gasteiger partial charge on any atom is 0.333 e. The number of fused-ring (bicyclic) bond motifs is 3. The van der Waals surface area contributed by atoms with E-state index in [0.29, 0.717) is 41.1 Å². The third-order valence-corrected chi connectivity index (χ3v) is 11.8. The monoisotopic (exact) mass is 648 g/mol. The van der Waals surface area contributed by atoms with Gasteiger partial charge in [-0.1, -0.05) is 0 Å². The summed E-state index contributed by atoms with van der Waals surface area (Å²) in [5.41, 5.74) is 10.2. The Kier molecular flexibility index (Phi) is 7.27. The lowest BCUT2D eigenvalue weighted by molar-refractivity contribution is -0.153. The molecular weight excluding hydrogens is 604 g/mol. The van der Waals surface area contributed by atoms with Crippen molar-refractivity contribution in [1.82, 2.24) is 15.8 Å². The lowest BCUT2D eigenvalue weighted by atomic mass is 9.53. The Morgan fingerprint density at radius 2 is 1.57 bits per heavy atom. The van der Waals surface area contributed by atoms with Gasteiger partial charge in [-0.25, -0.2) is 10.2 Å². The van der Waals surface area contributed by atoms with Crippen molar-refractivity contribution in [3.63, 3.8) is 0 Å². The van der Waals surface area contributed by atoms with Gasteiger partial charge in [-0.3, -0.25) is 24.7 Å². The van der Waals surface area contributed by atoms with Gasteiger partial charge in [0.2, 0.25) is 5.78 Å². The van der Waals surface area contributed by atoms with Gasteiger partial charge in [0, 0.05) is 48.1 Å². The van der Waals surface area contributed by atoms with Crippen LogP contribution in [0.25, 0.3) is 5.76 Å². The molecule has 8 N–H and O–H groups in total. The number of aliphatic hydroxyl groups excluding tert-OH is 2. The van der Waals surface area contributed by atoms with Gasteiger partial charge in [0.15, 0.2) is 11.4 Å². The summed E-state index contributed by atoms with van der Waals surface area (Å²) in [6, 6.07) is 1.83. The first-order valence-electron chi connectivity index (χ1n) is 16.5. The van der Waals surface area contributed by atoms with Crippen molar-refractivity contribution < 1.29 is 34.5 Å². The molecule has 1 aromatic rings. The van der Waals surface area contributed by atoms with Crippen LogP contribution >= 0.6 is 0 Å². The number of nitrogens with two attached hydrogens (primary N) is 1. The minimum Gasteiger partial charge on any atom is -0.508 e. The van der Waals surface area contributed by atoms with Crippen LogP contribution in [-0.4, -0.2) is 89.1 Å². The molecule has 252 valence electrons. The third kappa shape index (κ3) is 4.76. The predicted octanol–water partition coefficient (Wildman–Crippen LogP) is 1.92. The molecule has 7 aliphatic carbocycles. The predicted molar refractivity (Wildman–Crippen MR) is 173 cm³/mol. The van der Waals surface area contributed by atoms with E-state index in [-0.39, 0.29) is 17.5 Å². The largest absolute Gasteiger partial charge is 0.508 e. The number of rotatable bonds is 6. The molecule has 8 rings (SSSR count). The number of nitrogens with one attached hydrogen (secondary N) is 3. The maximum atomic E-state index is 14.2. The smallest absolute Gasteiger partial charge is 0.333 e. The molecule has 5 saturated carbocycles. The average Bonchev–Trinajstić information content (AvgIpc) is 2.97. The van der Waals surface area contributed by atoms with E-state index in [1.54, 1.807) is 20.2 Å². The Labute approximate surface area is 273 Å². The molecule has 13 nitrogen and oxygen atoms in total. The summed E-state index contributed by atoms with van der Waals surface area (Å²) in [7, 11) is 6.85. The molecule has 4 atom stereocenters. The minimum absolute atomic E-state index is 0.0665. The number of nitrogens with zero attached hydrogens (tertiary/aromatic N) is 2. The number of hydrazine groups is 1. The number of hydrogen-bond donors (Lipinski definition) is 7. The maximum absolute atomic E-state index is 14.2.